The zero-order valence-corrected chi connectivity index (χ0v) is 13.1. The van der Waals surface area contributed by atoms with Crippen molar-refractivity contribution in [2.45, 2.75) is 26.4 Å². The summed E-state index contributed by atoms with van der Waals surface area (Å²) in [5.41, 5.74) is 2.27. The molecular weight excluding hydrogens is 276 g/mol. The Balaban J connectivity index is 1.70. The summed E-state index contributed by atoms with van der Waals surface area (Å²) in [6.07, 6.45) is 3.24. The number of aryl methyl sites for hydroxylation is 1. The SMILES string of the molecule is Cc1ccc(CN(C)[C@H](C)c2ccc(-n3cncn3)cc2)o1. The number of hydrogen-bond acceptors (Lipinski definition) is 4. The minimum Gasteiger partial charge on any atom is -0.465 e. The Morgan fingerprint density at radius 2 is 1.95 bits per heavy atom. The third kappa shape index (κ3) is 3.09. The summed E-state index contributed by atoms with van der Waals surface area (Å²) in [6.45, 7) is 4.95. The maximum absolute atomic E-state index is 5.65. The number of benzene rings is 1. The first-order valence-corrected chi connectivity index (χ1v) is 7.34. The van der Waals surface area contributed by atoms with Gasteiger partial charge in [0.05, 0.1) is 12.2 Å². The van der Waals surface area contributed by atoms with E-state index in [0.717, 1.165) is 23.8 Å². The lowest BCUT2D eigenvalue weighted by molar-refractivity contribution is 0.231. The van der Waals surface area contributed by atoms with Crippen LogP contribution >= 0.6 is 0 Å². The molecular formula is C17H20N4O. The summed E-state index contributed by atoms with van der Waals surface area (Å²) in [7, 11) is 2.11. The molecule has 0 aliphatic heterocycles. The normalized spacial score (nSPS) is 12.7. The van der Waals surface area contributed by atoms with Gasteiger partial charge in [-0.3, -0.25) is 4.90 Å². The summed E-state index contributed by atoms with van der Waals surface area (Å²) in [4.78, 5) is 6.23. The fraction of sp³-hybridized carbons (Fsp3) is 0.294. The largest absolute Gasteiger partial charge is 0.465 e. The zero-order chi connectivity index (χ0) is 15.5. The molecule has 0 aliphatic rings. The third-order valence-electron chi connectivity index (χ3n) is 3.92. The van der Waals surface area contributed by atoms with Crippen LogP contribution < -0.4 is 0 Å². The van der Waals surface area contributed by atoms with E-state index in [4.69, 9.17) is 4.42 Å². The van der Waals surface area contributed by atoms with Crippen molar-refractivity contribution in [3.8, 4) is 5.69 Å². The van der Waals surface area contributed by atoms with E-state index < -0.39 is 0 Å². The van der Waals surface area contributed by atoms with Crippen molar-refractivity contribution in [2.75, 3.05) is 7.05 Å². The van der Waals surface area contributed by atoms with Crippen LogP contribution in [0.2, 0.25) is 0 Å². The van der Waals surface area contributed by atoms with Gasteiger partial charge in [0.15, 0.2) is 0 Å². The molecule has 0 bridgehead atoms. The van der Waals surface area contributed by atoms with E-state index >= 15 is 0 Å². The Labute approximate surface area is 130 Å². The molecule has 0 amide bonds. The van der Waals surface area contributed by atoms with Crippen LogP contribution in [0.3, 0.4) is 0 Å². The fourth-order valence-corrected chi connectivity index (χ4v) is 2.45. The minimum atomic E-state index is 0.301. The predicted molar refractivity (Wildman–Crippen MR) is 84.7 cm³/mol. The van der Waals surface area contributed by atoms with Gasteiger partial charge in [-0.15, -0.1) is 0 Å². The molecule has 2 heterocycles. The number of nitrogens with zero attached hydrogens (tertiary/aromatic N) is 4. The van der Waals surface area contributed by atoms with Crippen molar-refractivity contribution in [3.05, 3.63) is 66.1 Å². The van der Waals surface area contributed by atoms with Crippen molar-refractivity contribution < 1.29 is 4.42 Å². The van der Waals surface area contributed by atoms with Crippen LogP contribution in [0.25, 0.3) is 5.69 Å². The molecule has 5 heteroatoms. The van der Waals surface area contributed by atoms with E-state index in [1.54, 1.807) is 11.0 Å². The Morgan fingerprint density at radius 3 is 2.55 bits per heavy atom. The van der Waals surface area contributed by atoms with Crippen LogP contribution in [-0.2, 0) is 6.54 Å². The average molecular weight is 296 g/mol. The van der Waals surface area contributed by atoms with Gasteiger partial charge in [0.1, 0.15) is 24.2 Å². The first kappa shape index (κ1) is 14.5. The maximum atomic E-state index is 5.65. The second kappa shape index (κ2) is 6.15. The van der Waals surface area contributed by atoms with Crippen molar-refractivity contribution in [2.24, 2.45) is 0 Å². The molecule has 114 valence electrons. The number of hydrogen-bond donors (Lipinski definition) is 0. The molecule has 0 radical (unpaired) electrons. The third-order valence-corrected chi connectivity index (χ3v) is 3.92. The lowest BCUT2D eigenvalue weighted by Crippen LogP contribution is -2.21. The molecule has 0 unspecified atom stereocenters. The molecule has 0 N–H and O–H groups in total. The van der Waals surface area contributed by atoms with Gasteiger partial charge in [0, 0.05) is 6.04 Å². The van der Waals surface area contributed by atoms with Crippen LogP contribution in [0.5, 0.6) is 0 Å². The van der Waals surface area contributed by atoms with E-state index in [9.17, 15) is 0 Å². The molecule has 1 aromatic carbocycles. The molecule has 0 fully saturated rings. The molecule has 0 aliphatic carbocycles. The van der Waals surface area contributed by atoms with Gasteiger partial charge >= 0.3 is 0 Å². The topological polar surface area (TPSA) is 47.1 Å². The maximum Gasteiger partial charge on any atom is 0.138 e. The van der Waals surface area contributed by atoms with E-state index in [1.165, 1.54) is 11.9 Å². The molecule has 0 spiro atoms. The van der Waals surface area contributed by atoms with Gasteiger partial charge in [-0.1, -0.05) is 12.1 Å². The summed E-state index contributed by atoms with van der Waals surface area (Å²) < 4.78 is 7.40. The summed E-state index contributed by atoms with van der Waals surface area (Å²) in [6, 6.07) is 12.7. The molecule has 0 saturated carbocycles. The summed E-state index contributed by atoms with van der Waals surface area (Å²) in [5, 5.41) is 4.14. The monoisotopic (exact) mass is 296 g/mol. The molecule has 3 rings (SSSR count). The van der Waals surface area contributed by atoms with Crippen LogP contribution in [0.15, 0.2) is 53.5 Å². The highest BCUT2D eigenvalue weighted by Crippen LogP contribution is 2.22. The van der Waals surface area contributed by atoms with E-state index in [1.807, 2.05) is 19.1 Å². The highest BCUT2D eigenvalue weighted by molar-refractivity contribution is 5.34. The van der Waals surface area contributed by atoms with E-state index in [0.29, 0.717) is 6.04 Å². The second-order valence-corrected chi connectivity index (χ2v) is 5.54. The van der Waals surface area contributed by atoms with Gasteiger partial charge < -0.3 is 4.42 Å². The molecule has 0 saturated heterocycles. The second-order valence-electron chi connectivity index (χ2n) is 5.54. The quantitative estimate of drug-likeness (QED) is 0.724. The smallest absolute Gasteiger partial charge is 0.138 e. The summed E-state index contributed by atoms with van der Waals surface area (Å²) in [5.74, 6) is 1.94. The Morgan fingerprint density at radius 1 is 1.18 bits per heavy atom. The first-order valence-electron chi connectivity index (χ1n) is 7.34. The van der Waals surface area contributed by atoms with Gasteiger partial charge in [-0.2, -0.15) is 5.10 Å². The first-order chi connectivity index (χ1) is 10.6. The highest BCUT2D eigenvalue weighted by Gasteiger charge is 2.13. The summed E-state index contributed by atoms with van der Waals surface area (Å²) >= 11 is 0. The minimum absolute atomic E-state index is 0.301. The Hall–Kier alpha value is -2.40. The zero-order valence-electron chi connectivity index (χ0n) is 13.1. The van der Waals surface area contributed by atoms with Gasteiger partial charge in [-0.05, 0) is 50.7 Å². The fourth-order valence-electron chi connectivity index (χ4n) is 2.45. The highest BCUT2D eigenvalue weighted by atomic mass is 16.3. The number of aromatic nitrogens is 3. The van der Waals surface area contributed by atoms with Crippen molar-refractivity contribution >= 4 is 0 Å². The van der Waals surface area contributed by atoms with Crippen molar-refractivity contribution in [1.82, 2.24) is 19.7 Å². The molecule has 22 heavy (non-hydrogen) atoms. The Bertz CT molecular complexity index is 715. The lowest BCUT2D eigenvalue weighted by atomic mass is 10.1. The van der Waals surface area contributed by atoms with Crippen molar-refractivity contribution in [3.63, 3.8) is 0 Å². The number of furan rings is 1. The molecule has 2 aromatic heterocycles. The van der Waals surface area contributed by atoms with Crippen LogP contribution in [0, 0.1) is 6.92 Å². The van der Waals surface area contributed by atoms with Gasteiger partial charge in [-0.25, -0.2) is 9.67 Å². The van der Waals surface area contributed by atoms with Crippen molar-refractivity contribution in [1.29, 1.82) is 0 Å². The molecule has 1 atom stereocenters. The lowest BCUT2D eigenvalue weighted by Gasteiger charge is -2.24. The molecule has 5 nitrogen and oxygen atoms in total. The standard InChI is InChI=1S/C17H20N4O/c1-13-4-9-17(22-13)10-20(3)14(2)15-5-7-16(8-6-15)21-12-18-11-19-21/h4-9,11-12,14H,10H2,1-3H3/t14-/m1/s1. The van der Waals surface area contributed by atoms with E-state index in [2.05, 4.69) is 53.2 Å². The van der Waals surface area contributed by atoms with Crippen LogP contribution in [0.4, 0.5) is 0 Å². The average Bonchev–Trinajstić information content (AvgIpc) is 3.18. The van der Waals surface area contributed by atoms with E-state index in [-0.39, 0.29) is 0 Å². The van der Waals surface area contributed by atoms with Gasteiger partial charge in [0.2, 0.25) is 0 Å². The predicted octanol–water partition coefficient (Wildman–Crippen LogP) is 3.36. The molecule has 3 aromatic rings. The van der Waals surface area contributed by atoms with Crippen LogP contribution in [0.1, 0.15) is 30.0 Å². The number of rotatable bonds is 5. The van der Waals surface area contributed by atoms with Gasteiger partial charge in [0.25, 0.3) is 0 Å². The Kier molecular flexibility index (Phi) is 4.06. The van der Waals surface area contributed by atoms with Crippen LogP contribution in [-0.4, -0.2) is 26.7 Å².